The first-order valence-corrected chi connectivity index (χ1v) is 6.90. The standard InChI is InChI=1S/C16H11F2N3O3/c17-9-5-6-13(11(18)7-9)19-14(22)8-24-16(23)15-10-3-1-2-4-12(10)20-21-15/h1-7H,8H2,(H,19,22)(H,20,21). The zero-order valence-electron chi connectivity index (χ0n) is 12.2. The van der Waals surface area contributed by atoms with Crippen molar-refractivity contribution in [2.24, 2.45) is 0 Å². The van der Waals surface area contributed by atoms with Crippen LogP contribution in [0.25, 0.3) is 10.9 Å². The summed E-state index contributed by atoms with van der Waals surface area (Å²) >= 11 is 0. The molecule has 8 heteroatoms. The summed E-state index contributed by atoms with van der Waals surface area (Å²) in [5, 5.41) is 9.27. The maximum absolute atomic E-state index is 13.4. The average molecular weight is 331 g/mol. The van der Waals surface area contributed by atoms with Crippen LogP contribution in [0.2, 0.25) is 0 Å². The van der Waals surface area contributed by atoms with Gasteiger partial charge in [0.25, 0.3) is 5.91 Å². The number of para-hydroxylation sites is 1. The molecule has 0 saturated heterocycles. The number of aromatic amines is 1. The van der Waals surface area contributed by atoms with E-state index in [9.17, 15) is 18.4 Å². The van der Waals surface area contributed by atoms with Crippen molar-refractivity contribution in [3.63, 3.8) is 0 Å². The van der Waals surface area contributed by atoms with Gasteiger partial charge in [0.15, 0.2) is 12.3 Å². The number of hydrogen-bond donors (Lipinski definition) is 2. The number of nitrogens with zero attached hydrogens (tertiary/aromatic N) is 1. The fraction of sp³-hybridized carbons (Fsp3) is 0.0625. The molecule has 0 radical (unpaired) electrons. The van der Waals surface area contributed by atoms with Gasteiger partial charge in [0, 0.05) is 11.5 Å². The number of rotatable bonds is 4. The van der Waals surface area contributed by atoms with Crippen LogP contribution in [0, 0.1) is 11.6 Å². The molecule has 2 N–H and O–H groups in total. The maximum atomic E-state index is 13.4. The summed E-state index contributed by atoms with van der Waals surface area (Å²) in [5.41, 5.74) is 0.497. The number of fused-ring (bicyclic) bond motifs is 1. The lowest BCUT2D eigenvalue weighted by molar-refractivity contribution is -0.119. The normalized spacial score (nSPS) is 10.6. The molecule has 0 aliphatic rings. The number of halogens is 2. The molecule has 6 nitrogen and oxygen atoms in total. The number of nitrogens with one attached hydrogen (secondary N) is 2. The van der Waals surface area contributed by atoms with Gasteiger partial charge in [0.05, 0.1) is 11.2 Å². The molecule has 3 rings (SSSR count). The van der Waals surface area contributed by atoms with E-state index in [1.807, 2.05) is 0 Å². The quantitative estimate of drug-likeness (QED) is 0.720. The number of carbonyl (C=O) groups excluding carboxylic acids is 2. The Morgan fingerprint density at radius 1 is 1.17 bits per heavy atom. The SMILES string of the molecule is O=C(COC(=O)c1n[nH]c2ccccc12)Nc1ccc(F)cc1F. The molecule has 1 aromatic heterocycles. The Morgan fingerprint density at radius 3 is 2.75 bits per heavy atom. The van der Waals surface area contributed by atoms with Crippen molar-refractivity contribution in [1.29, 1.82) is 0 Å². The Bertz CT molecular complexity index is 924. The van der Waals surface area contributed by atoms with Gasteiger partial charge < -0.3 is 10.1 Å². The second kappa shape index (κ2) is 6.45. The van der Waals surface area contributed by atoms with Gasteiger partial charge in [-0.1, -0.05) is 18.2 Å². The number of anilines is 1. The smallest absolute Gasteiger partial charge is 0.359 e. The minimum atomic E-state index is -0.923. The van der Waals surface area contributed by atoms with E-state index in [-0.39, 0.29) is 11.4 Å². The molecule has 3 aromatic rings. The molecule has 2 aromatic carbocycles. The lowest BCUT2D eigenvalue weighted by atomic mass is 10.2. The Morgan fingerprint density at radius 2 is 1.96 bits per heavy atom. The van der Waals surface area contributed by atoms with Gasteiger partial charge in [0.1, 0.15) is 11.6 Å². The van der Waals surface area contributed by atoms with Gasteiger partial charge in [-0.2, -0.15) is 5.10 Å². The zero-order valence-corrected chi connectivity index (χ0v) is 12.2. The maximum Gasteiger partial charge on any atom is 0.359 e. The summed E-state index contributed by atoms with van der Waals surface area (Å²) in [6.45, 7) is -0.628. The number of amides is 1. The third kappa shape index (κ3) is 3.22. The molecule has 1 heterocycles. The zero-order chi connectivity index (χ0) is 17.1. The van der Waals surface area contributed by atoms with Crippen molar-refractivity contribution in [2.45, 2.75) is 0 Å². The molecule has 0 spiro atoms. The minimum absolute atomic E-state index is 0.0476. The second-order valence-corrected chi connectivity index (χ2v) is 4.87. The topological polar surface area (TPSA) is 84.1 Å². The van der Waals surface area contributed by atoms with E-state index in [1.54, 1.807) is 24.3 Å². The Labute approximate surface area is 134 Å². The third-order valence-corrected chi connectivity index (χ3v) is 3.20. The summed E-state index contributed by atoms with van der Waals surface area (Å²) < 4.78 is 31.1. The number of carbonyl (C=O) groups is 2. The average Bonchev–Trinajstić information content (AvgIpc) is 2.99. The number of esters is 1. The van der Waals surface area contributed by atoms with E-state index >= 15 is 0 Å². The summed E-state index contributed by atoms with van der Waals surface area (Å²) in [5.74, 6) is -3.23. The van der Waals surface area contributed by atoms with Crippen molar-refractivity contribution < 1.29 is 23.1 Å². The van der Waals surface area contributed by atoms with Gasteiger partial charge in [-0.25, -0.2) is 13.6 Å². The van der Waals surface area contributed by atoms with Crippen molar-refractivity contribution in [1.82, 2.24) is 10.2 Å². The monoisotopic (exact) mass is 331 g/mol. The summed E-state index contributed by atoms with van der Waals surface area (Å²) in [4.78, 5) is 23.7. The van der Waals surface area contributed by atoms with Gasteiger partial charge >= 0.3 is 5.97 Å². The number of H-pyrrole nitrogens is 1. The fourth-order valence-corrected chi connectivity index (χ4v) is 2.10. The van der Waals surface area contributed by atoms with Gasteiger partial charge in [-0.15, -0.1) is 0 Å². The molecule has 0 aliphatic carbocycles. The molecule has 1 amide bonds. The first-order chi connectivity index (χ1) is 11.5. The van der Waals surface area contributed by atoms with Crippen molar-refractivity contribution in [3.8, 4) is 0 Å². The van der Waals surface area contributed by atoms with Gasteiger partial charge in [-0.3, -0.25) is 9.89 Å². The second-order valence-electron chi connectivity index (χ2n) is 4.87. The molecule has 122 valence electrons. The van der Waals surface area contributed by atoms with Crippen LogP contribution < -0.4 is 5.32 Å². The number of benzene rings is 2. The third-order valence-electron chi connectivity index (χ3n) is 3.20. The molecule has 0 unspecified atom stereocenters. The fourth-order valence-electron chi connectivity index (χ4n) is 2.10. The predicted molar refractivity (Wildman–Crippen MR) is 81.4 cm³/mol. The first-order valence-electron chi connectivity index (χ1n) is 6.90. The highest BCUT2D eigenvalue weighted by Gasteiger charge is 2.17. The van der Waals surface area contributed by atoms with E-state index in [0.29, 0.717) is 17.0 Å². The van der Waals surface area contributed by atoms with Crippen LogP contribution in [0.3, 0.4) is 0 Å². The first kappa shape index (κ1) is 15.6. The number of hydrogen-bond acceptors (Lipinski definition) is 4. The summed E-state index contributed by atoms with van der Waals surface area (Å²) in [6, 6.07) is 9.65. The molecule has 0 fully saturated rings. The Kier molecular flexibility index (Phi) is 4.19. The van der Waals surface area contributed by atoms with Crippen molar-refractivity contribution in [3.05, 3.63) is 59.8 Å². The molecule has 24 heavy (non-hydrogen) atoms. The summed E-state index contributed by atoms with van der Waals surface area (Å²) in [6.07, 6.45) is 0. The van der Waals surface area contributed by atoms with E-state index in [1.165, 1.54) is 0 Å². The Hall–Kier alpha value is -3.29. The molecule has 0 saturated carbocycles. The highest BCUT2D eigenvalue weighted by atomic mass is 19.1. The van der Waals surface area contributed by atoms with Crippen molar-refractivity contribution >= 4 is 28.5 Å². The molecule has 0 aliphatic heterocycles. The van der Waals surface area contributed by atoms with Crippen LogP contribution >= 0.6 is 0 Å². The minimum Gasteiger partial charge on any atom is -0.451 e. The summed E-state index contributed by atoms with van der Waals surface area (Å²) in [7, 11) is 0. The van der Waals surface area contributed by atoms with Crippen LogP contribution in [0.4, 0.5) is 14.5 Å². The number of aromatic nitrogens is 2. The van der Waals surface area contributed by atoms with E-state index in [2.05, 4.69) is 15.5 Å². The van der Waals surface area contributed by atoms with E-state index < -0.39 is 30.1 Å². The molecular weight excluding hydrogens is 320 g/mol. The van der Waals surface area contributed by atoms with Crippen LogP contribution in [0.1, 0.15) is 10.5 Å². The van der Waals surface area contributed by atoms with Crippen LogP contribution in [-0.2, 0) is 9.53 Å². The Balaban J connectivity index is 1.62. The number of ether oxygens (including phenoxy) is 1. The van der Waals surface area contributed by atoms with Crippen molar-refractivity contribution in [2.75, 3.05) is 11.9 Å². The predicted octanol–water partition coefficient (Wildman–Crippen LogP) is 2.64. The van der Waals surface area contributed by atoms with E-state index in [0.717, 1.165) is 12.1 Å². The largest absolute Gasteiger partial charge is 0.451 e. The lowest BCUT2D eigenvalue weighted by Gasteiger charge is -2.07. The lowest BCUT2D eigenvalue weighted by Crippen LogP contribution is -2.21. The highest BCUT2D eigenvalue weighted by Crippen LogP contribution is 2.16. The molecule has 0 atom stereocenters. The van der Waals surface area contributed by atoms with Gasteiger partial charge in [0.2, 0.25) is 0 Å². The molecule has 0 bridgehead atoms. The highest BCUT2D eigenvalue weighted by molar-refractivity contribution is 6.03. The molecular formula is C16H11F2N3O3. The van der Waals surface area contributed by atoms with Crippen LogP contribution in [-0.4, -0.2) is 28.7 Å². The van der Waals surface area contributed by atoms with E-state index in [4.69, 9.17) is 4.74 Å². The van der Waals surface area contributed by atoms with Crippen LogP contribution in [0.5, 0.6) is 0 Å². The van der Waals surface area contributed by atoms with Gasteiger partial charge in [-0.05, 0) is 18.2 Å². The van der Waals surface area contributed by atoms with Crippen LogP contribution in [0.15, 0.2) is 42.5 Å².